The van der Waals surface area contributed by atoms with Gasteiger partial charge in [0.25, 0.3) is 0 Å². The molecule has 2 aromatic heterocycles. The van der Waals surface area contributed by atoms with Crippen LogP contribution in [0.2, 0.25) is 5.02 Å². The molecule has 0 spiro atoms. The van der Waals surface area contributed by atoms with Gasteiger partial charge in [-0.1, -0.05) is 28.9 Å². The normalized spacial score (nSPS) is 13.9. The SMILES string of the molecule is Nc1nccc(N2CCc3onc(-c4ccc(Cl)cc4)c3C2)n1. The van der Waals surface area contributed by atoms with Crippen molar-refractivity contribution in [2.75, 3.05) is 17.2 Å². The van der Waals surface area contributed by atoms with Crippen molar-refractivity contribution in [3.63, 3.8) is 0 Å². The summed E-state index contributed by atoms with van der Waals surface area (Å²) in [6.45, 7) is 1.48. The van der Waals surface area contributed by atoms with E-state index in [1.807, 2.05) is 30.3 Å². The molecule has 0 saturated heterocycles. The van der Waals surface area contributed by atoms with Crippen molar-refractivity contribution < 1.29 is 4.52 Å². The second-order valence-electron chi connectivity index (χ2n) is 5.38. The Morgan fingerprint density at radius 2 is 2.00 bits per heavy atom. The van der Waals surface area contributed by atoms with Gasteiger partial charge in [-0.15, -0.1) is 0 Å². The van der Waals surface area contributed by atoms with Crippen molar-refractivity contribution in [3.8, 4) is 11.3 Å². The molecule has 0 radical (unpaired) electrons. The Hall–Kier alpha value is -2.60. The summed E-state index contributed by atoms with van der Waals surface area (Å²) in [5, 5.41) is 4.94. The first-order valence-corrected chi connectivity index (χ1v) is 7.65. The van der Waals surface area contributed by atoms with E-state index in [2.05, 4.69) is 20.0 Å². The average molecular weight is 328 g/mol. The molecule has 0 bridgehead atoms. The van der Waals surface area contributed by atoms with Crippen molar-refractivity contribution in [2.45, 2.75) is 13.0 Å². The van der Waals surface area contributed by atoms with E-state index in [1.165, 1.54) is 0 Å². The van der Waals surface area contributed by atoms with Crippen LogP contribution in [0.1, 0.15) is 11.3 Å². The third-order valence-electron chi connectivity index (χ3n) is 3.93. The Balaban J connectivity index is 1.69. The molecule has 0 amide bonds. The van der Waals surface area contributed by atoms with Crippen molar-refractivity contribution in [1.82, 2.24) is 15.1 Å². The molecule has 0 fully saturated rings. The van der Waals surface area contributed by atoms with Crippen LogP contribution in [0.4, 0.5) is 11.8 Å². The Morgan fingerprint density at radius 3 is 2.78 bits per heavy atom. The van der Waals surface area contributed by atoms with Crippen LogP contribution in [0.25, 0.3) is 11.3 Å². The monoisotopic (exact) mass is 327 g/mol. The lowest BCUT2D eigenvalue weighted by atomic mass is 10.0. The number of hydrogen-bond donors (Lipinski definition) is 1. The van der Waals surface area contributed by atoms with Crippen LogP contribution < -0.4 is 10.6 Å². The topological polar surface area (TPSA) is 81.1 Å². The maximum atomic E-state index is 5.96. The molecule has 4 rings (SSSR count). The first-order valence-electron chi connectivity index (χ1n) is 7.27. The lowest BCUT2D eigenvalue weighted by Crippen LogP contribution is -2.30. The highest BCUT2D eigenvalue weighted by Crippen LogP contribution is 2.32. The zero-order valence-electron chi connectivity index (χ0n) is 12.2. The number of halogens is 1. The minimum absolute atomic E-state index is 0.275. The molecule has 0 unspecified atom stereocenters. The fourth-order valence-corrected chi connectivity index (χ4v) is 2.91. The lowest BCUT2D eigenvalue weighted by molar-refractivity contribution is 0.379. The summed E-state index contributed by atoms with van der Waals surface area (Å²) < 4.78 is 5.51. The first-order chi connectivity index (χ1) is 11.2. The molecule has 0 aliphatic carbocycles. The Morgan fingerprint density at radius 1 is 1.17 bits per heavy atom. The number of nitrogens with zero attached hydrogens (tertiary/aromatic N) is 4. The van der Waals surface area contributed by atoms with Crippen molar-refractivity contribution >= 4 is 23.4 Å². The second kappa shape index (κ2) is 5.55. The van der Waals surface area contributed by atoms with E-state index in [4.69, 9.17) is 21.9 Å². The Kier molecular flexibility index (Phi) is 3.38. The van der Waals surface area contributed by atoms with Gasteiger partial charge in [-0.2, -0.15) is 4.98 Å². The fraction of sp³-hybridized carbons (Fsp3) is 0.188. The zero-order valence-corrected chi connectivity index (χ0v) is 13.0. The number of anilines is 2. The van der Waals surface area contributed by atoms with Crippen LogP contribution in [-0.4, -0.2) is 21.7 Å². The number of fused-ring (bicyclic) bond motifs is 1. The average Bonchev–Trinajstić information content (AvgIpc) is 2.99. The number of benzene rings is 1. The highest BCUT2D eigenvalue weighted by atomic mass is 35.5. The van der Waals surface area contributed by atoms with E-state index < -0.39 is 0 Å². The van der Waals surface area contributed by atoms with Crippen LogP contribution >= 0.6 is 11.6 Å². The number of hydrogen-bond acceptors (Lipinski definition) is 6. The van der Waals surface area contributed by atoms with Gasteiger partial charge in [0.15, 0.2) is 0 Å². The molecule has 3 aromatic rings. The van der Waals surface area contributed by atoms with E-state index in [9.17, 15) is 0 Å². The summed E-state index contributed by atoms with van der Waals surface area (Å²) in [6.07, 6.45) is 2.45. The predicted molar refractivity (Wildman–Crippen MR) is 88.1 cm³/mol. The smallest absolute Gasteiger partial charge is 0.221 e. The number of aromatic nitrogens is 3. The van der Waals surface area contributed by atoms with Crippen LogP contribution in [0.5, 0.6) is 0 Å². The van der Waals surface area contributed by atoms with Gasteiger partial charge in [-0.05, 0) is 18.2 Å². The molecule has 0 saturated carbocycles. The quantitative estimate of drug-likeness (QED) is 0.779. The number of nitrogen functional groups attached to an aromatic ring is 1. The van der Waals surface area contributed by atoms with Gasteiger partial charge in [0.1, 0.15) is 17.3 Å². The van der Waals surface area contributed by atoms with Crippen LogP contribution in [0.3, 0.4) is 0 Å². The molecule has 0 atom stereocenters. The minimum Gasteiger partial charge on any atom is -0.368 e. The second-order valence-corrected chi connectivity index (χ2v) is 5.82. The summed E-state index contributed by atoms with van der Waals surface area (Å²) in [5.41, 5.74) is 8.60. The van der Waals surface area contributed by atoms with Gasteiger partial charge >= 0.3 is 0 Å². The molecular weight excluding hydrogens is 314 g/mol. The highest BCUT2D eigenvalue weighted by Gasteiger charge is 2.25. The Bertz CT molecular complexity index is 846. The maximum absolute atomic E-state index is 5.96. The summed E-state index contributed by atoms with van der Waals surface area (Å²) in [4.78, 5) is 10.4. The van der Waals surface area contributed by atoms with Gasteiger partial charge in [-0.25, -0.2) is 4.98 Å². The van der Waals surface area contributed by atoms with Gasteiger partial charge in [0, 0.05) is 35.3 Å². The molecule has 3 heterocycles. The highest BCUT2D eigenvalue weighted by molar-refractivity contribution is 6.30. The van der Waals surface area contributed by atoms with E-state index >= 15 is 0 Å². The summed E-state index contributed by atoms with van der Waals surface area (Å²) in [6, 6.07) is 9.45. The van der Waals surface area contributed by atoms with Crippen LogP contribution in [0.15, 0.2) is 41.1 Å². The maximum Gasteiger partial charge on any atom is 0.221 e. The largest absolute Gasteiger partial charge is 0.368 e. The molecule has 1 aromatic carbocycles. The first kappa shape index (κ1) is 14.0. The number of nitrogens with two attached hydrogens (primary N) is 1. The summed E-state index contributed by atoms with van der Waals surface area (Å²) in [5.74, 6) is 2.01. The van der Waals surface area contributed by atoms with Crippen LogP contribution in [-0.2, 0) is 13.0 Å². The van der Waals surface area contributed by atoms with E-state index in [1.54, 1.807) is 6.20 Å². The standard InChI is InChI=1S/C16H14ClN5O/c17-11-3-1-10(2-4-11)15-12-9-22(8-6-13(12)23-21-15)14-5-7-19-16(18)20-14/h1-5,7H,6,8-9H2,(H2,18,19,20). The predicted octanol–water partition coefficient (Wildman–Crippen LogP) is 2.93. The van der Waals surface area contributed by atoms with E-state index in [-0.39, 0.29) is 5.95 Å². The van der Waals surface area contributed by atoms with Crippen molar-refractivity contribution in [3.05, 3.63) is 52.9 Å². The zero-order chi connectivity index (χ0) is 15.8. The van der Waals surface area contributed by atoms with Gasteiger partial charge in [0.2, 0.25) is 5.95 Å². The fourth-order valence-electron chi connectivity index (χ4n) is 2.78. The molecule has 23 heavy (non-hydrogen) atoms. The molecule has 116 valence electrons. The molecule has 1 aliphatic heterocycles. The molecule has 6 nitrogen and oxygen atoms in total. The van der Waals surface area contributed by atoms with Gasteiger partial charge in [0.05, 0.1) is 6.54 Å². The minimum atomic E-state index is 0.275. The molecule has 2 N–H and O–H groups in total. The number of rotatable bonds is 2. The van der Waals surface area contributed by atoms with Crippen molar-refractivity contribution in [2.24, 2.45) is 0 Å². The van der Waals surface area contributed by atoms with E-state index in [0.29, 0.717) is 11.6 Å². The lowest BCUT2D eigenvalue weighted by Gasteiger charge is -2.27. The molecule has 1 aliphatic rings. The molecule has 7 heteroatoms. The van der Waals surface area contributed by atoms with Gasteiger partial charge < -0.3 is 15.2 Å². The summed E-state index contributed by atoms with van der Waals surface area (Å²) in [7, 11) is 0. The van der Waals surface area contributed by atoms with E-state index in [0.717, 1.165) is 41.4 Å². The molecular formula is C16H14ClN5O. The third kappa shape index (κ3) is 2.61. The van der Waals surface area contributed by atoms with Crippen molar-refractivity contribution in [1.29, 1.82) is 0 Å². The third-order valence-corrected chi connectivity index (χ3v) is 4.18. The van der Waals surface area contributed by atoms with Crippen LogP contribution in [0, 0.1) is 0 Å². The summed E-state index contributed by atoms with van der Waals surface area (Å²) >= 11 is 5.96. The Labute approximate surface area is 137 Å². The van der Waals surface area contributed by atoms with Gasteiger partial charge in [-0.3, -0.25) is 0 Å².